The lowest BCUT2D eigenvalue weighted by Gasteiger charge is -2.16. The van der Waals surface area contributed by atoms with Gasteiger partial charge in [-0.1, -0.05) is 117 Å². The van der Waals surface area contributed by atoms with Crippen molar-refractivity contribution in [3.05, 3.63) is 36.4 Å². The number of rotatable bonds is 25. The fourth-order valence-corrected chi connectivity index (χ4v) is 4.62. The molecule has 0 aliphatic rings. The third kappa shape index (κ3) is 13.8. The fraction of sp³-hybridized carbons (Fsp3) is 0.667. The molecule has 0 aliphatic heterocycles. The second-order valence-corrected chi connectivity index (χ2v) is 11.0. The van der Waals surface area contributed by atoms with Crippen molar-refractivity contribution in [1.29, 1.82) is 0 Å². The van der Waals surface area contributed by atoms with Gasteiger partial charge in [0.05, 0.1) is 26.4 Å². The molecule has 0 unspecified atom stereocenters. The Bertz CT molecular complexity index is 894. The van der Waals surface area contributed by atoms with Crippen LogP contribution in [0, 0.1) is 0 Å². The first-order valence-electron chi connectivity index (χ1n) is 16.5. The minimum atomic E-state index is 0.696. The van der Waals surface area contributed by atoms with Gasteiger partial charge < -0.3 is 18.9 Å². The maximum Gasteiger partial charge on any atom is 0.161 e. The Labute approximate surface area is 246 Å². The van der Waals surface area contributed by atoms with Crippen molar-refractivity contribution in [2.45, 2.75) is 130 Å². The van der Waals surface area contributed by atoms with Crippen LogP contribution in [0.4, 0.5) is 0 Å². The summed E-state index contributed by atoms with van der Waals surface area (Å²) in [5.41, 5.74) is 2.20. The predicted octanol–water partition coefficient (Wildman–Crippen LogP) is 11.2. The summed E-state index contributed by atoms with van der Waals surface area (Å²) in [6, 6.07) is 12.6. The summed E-state index contributed by atoms with van der Waals surface area (Å²) in [6.07, 6.45) is 19.3. The second kappa shape index (κ2) is 22.3. The molecule has 0 radical (unpaired) electrons. The SMILES string of the molecule is CCCCCCCCOc1ccc(-c2ccc(OCCCC)c(OCCCC)c2)cc1OCCCCCCCC. The first-order valence-corrected chi connectivity index (χ1v) is 16.5. The van der Waals surface area contributed by atoms with Crippen molar-refractivity contribution in [1.82, 2.24) is 0 Å². The molecule has 0 heterocycles. The molecule has 0 fully saturated rings. The quantitative estimate of drug-likeness (QED) is 0.114. The van der Waals surface area contributed by atoms with E-state index in [-0.39, 0.29) is 0 Å². The zero-order chi connectivity index (χ0) is 28.7. The molecule has 2 aromatic rings. The highest BCUT2D eigenvalue weighted by Gasteiger charge is 2.12. The molecule has 40 heavy (non-hydrogen) atoms. The van der Waals surface area contributed by atoms with E-state index in [2.05, 4.69) is 58.0 Å². The van der Waals surface area contributed by atoms with E-state index in [1.807, 2.05) is 6.07 Å². The second-order valence-electron chi connectivity index (χ2n) is 11.0. The highest BCUT2D eigenvalue weighted by Crippen LogP contribution is 2.37. The van der Waals surface area contributed by atoms with Gasteiger partial charge in [0.1, 0.15) is 0 Å². The van der Waals surface area contributed by atoms with E-state index >= 15 is 0 Å². The molecule has 4 nitrogen and oxygen atoms in total. The van der Waals surface area contributed by atoms with Gasteiger partial charge in [-0.25, -0.2) is 0 Å². The maximum absolute atomic E-state index is 6.33. The van der Waals surface area contributed by atoms with Crippen LogP contribution in [0.5, 0.6) is 23.0 Å². The summed E-state index contributed by atoms with van der Waals surface area (Å²) in [6.45, 7) is 11.7. The van der Waals surface area contributed by atoms with Crippen molar-refractivity contribution in [3.63, 3.8) is 0 Å². The average Bonchev–Trinajstić information content (AvgIpc) is 2.97. The molecule has 0 amide bonds. The highest BCUT2D eigenvalue weighted by atomic mass is 16.5. The maximum atomic E-state index is 6.33. The summed E-state index contributed by atoms with van der Waals surface area (Å²) >= 11 is 0. The molecule has 2 aromatic carbocycles. The van der Waals surface area contributed by atoms with Crippen LogP contribution in [-0.2, 0) is 0 Å². The molecule has 0 atom stereocenters. The van der Waals surface area contributed by atoms with Gasteiger partial charge in [-0.05, 0) is 61.1 Å². The van der Waals surface area contributed by atoms with E-state index in [9.17, 15) is 0 Å². The number of benzene rings is 2. The summed E-state index contributed by atoms with van der Waals surface area (Å²) < 4.78 is 24.8. The summed E-state index contributed by atoms with van der Waals surface area (Å²) in [7, 11) is 0. The van der Waals surface area contributed by atoms with Crippen molar-refractivity contribution < 1.29 is 18.9 Å². The standard InChI is InChI=1S/C36H58O4/c1-5-9-13-15-17-19-27-38-34-24-22-32(30-36(34)40-28-20-18-16-14-10-6-2)31-21-23-33(37-25-11-7-3)35(29-31)39-26-12-8-4/h21-24,29-30H,5-20,25-28H2,1-4H3. The van der Waals surface area contributed by atoms with E-state index < -0.39 is 0 Å². The molecule has 0 spiro atoms. The van der Waals surface area contributed by atoms with Crippen molar-refractivity contribution in [2.24, 2.45) is 0 Å². The summed E-state index contributed by atoms with van der Waals surface area (Å²) in [4.78, 5) is 0. The summed E-state index contributed by atoms with van der Waals surface area (Å²) in [5.74, 6) is 3.34. The van der Waals surface area contributed by atoms with Gasteiger partial charge in [-0.3, -0.25) is 0 Å². The third-order valence-electron chi connectivity index (χ3n) is 7.24. The van der Waals surface area contributed by atoms with Crippen LogP contribution in [0.15, 0.2) is 36.4 Å². The van der Waals surface area contributed by atoms with Crippen LogP contribution in [0.2, 0.25) is 0 Å². The van der Waals surface area contributed by atoms with E-state index in [1.165, 1.54) is 64.2 Å². The largest absolute Gasteiger partial charge is 0.490 e. The molecule has 0 saturated carbocycles. The summed E-state index contributed by atoms with van der Waals surface area (Å²) in [5, 5.41) is 0. The Hall–Kier alpha value is -2.36. The van der Waals surface area contributed by atoms with Gasteiger partial charge in [-0.2, -0.15) is 0 Å². The lowest BCUT2D eigenvalue weighted by atomic mass is 10.0. The van der Waals surface area contributed by atoms with Crippen LogP contribution >= 0.6 is 0 Å². The van der Waals surface area contributed by atoms with Crippen LogP contribution < -0.4 is 18.9 Å². The van der Waals surface area contributed by atoms with Crippen LogP contribution in [0.25, 0.3) is 11.1 Å². The van der Waals surface area contributed by atoms with Crippen molar-refractivity contribution in [2.75, 3.05) is 26.4 Å². The zero-order valence-electron chi connectivity index (χ0n) is 26.2. The lowest BCUT2D eigenvalue weighted by molar-refractivity contribution is 0.258. The number of hydrogen-bond donors (Lipinski definition) is 0. The van der Waals surface area contributed by atoms with Gasteiger partial charge in [-0.15, -0.1) is 0 Å². The molecular weight excluding hydrogens is 496 g/mol. The molecule has 0 N–H and O–H groups in total. The Morgan fingerprint density at radius 1 is 0.350 bits per heavy atom. The van der Waals surface area contributed by atoms with Gasteiger partial charge in [0.2, 0.25) is 0 Å². The first-order chi connectivity index (χ1) is 19.7. The fourth-order valence-electron chi connectivity index (χ4n) is 4.62. The van der Waals surface area contributed by atoms with Crippen LogP contribution in [-0.4, -0.2) is 26.4 Å². The lowest BCUT2D eigenvalue weighted by Crippen LogP contribution is -2.03. The van der Waals surface area contributed by atoms with Crippen molar-refractivity contribution in [3.8, 4) is 34.1 Å². The smallest absolute Gasteiger partial charge is 0.161 e. The Morgan fingerprint density at radius 2 is 0.675 bits per heavy atom. The monoisotopic (exact) mass is 554 g/mol. The molecule has 4 heteroatoms. The molecular formula is C36H58O4. The first kappa shape index (κ1) is 33.8. The van der Waals surface area contributed by atoms with Gasteiger partial charge >= 0.3 is 0 Å². The van der Waals surface area contributed by atoms with E-state index in [0.717, 1.165) is 85.9 Å². The Balaban J connectivity index is 2.13. The molecule has 0 aliphatic carbocycles. The normalized spacial score (nSPS) is 11.0. The molecule has 0 saturated heterocycles. The highest BCUT2D eigenvalue weighted by molar-refractivity contribution is 5.70. The van der Waals surface area contributed by atoms with Crippen molar-refractivity contribution >= 4 is 0 Å². The van der Waals surface area contributed by atoms with E-state index in [4.69, 9.17) is 18.9 Å². The predicted molar refractivity (Wildman–Crippen MR) is 170 cm³/mol. The Morgan fingerprint density at radius 3 is 1.07 bits per heavy atom. The average molecular weight is 555 g/mol. The molecule has 0 aromatic heterocycles. The number of hydrogen-bond acceptors (Lipinski definition) is 4. The van der Waals surface area contributed by atoms with Gasteiger partial charge in [0.15, 0.2) is 23.0 Å². The van der Waals surface area contributed by atoms with Gasteiger partial charge in [0.25, 0.3) is 0 Å². The topological polar surface area (TPSA) is 36.9 Å². The number of ether oxygens (including phenoxy) is 4. The van der Waals surface area contributed by atoms with Crippen LogP contribution in [0.3, 0.4) is 0 Å². The Kier molecular flexibility index (Phi) is 18.9. The third-order valence-corrected chi connectivity index (χ3v) is 7.24. The number of unbranched alkanes of at least 4 members (excludes halogenated alkanes) is 12. The van der Waals surface area contributed by atoms with E-state index in [1.54, 1.807) is 0 Å². The van der Waals surface area contributed by atoms with Gasteiger partial charge in [0, 0.05) is 0 Å². The van der Waals surface area contributed by atoms with Crippen LogP contribution in [0.1, 0.15) is 130 Å². The molecule has 226 valence electrons. The minimum Gasteiger partial charge on any atom is -0.490 e. The molecule has 2 rings (SSSR count). The van der Waals surface area contributed by atoms with E-state index in [0.29, 0.717) is 13.2 Å². The molecule has 0 bridgehead atoms. The minimum absolute atomic E-state index is 0.696. The zero-order valence-corrected chi connectivity index (χ0v) is 26.2.